The van der Waals surface area contributed by atoms with Gasteiger partial charge in [0.2, 0.25) is 6.79 Å². The Morgan fingerprint density at radius 1 is 1.07 bits per heavy atom. The van der Waals surface area contributed by atoms with Crippen molar-refractivity contribution in [3.8, 4) is 11.5 Å². The third-order valence-electron chi connectivity index (χ3n) is 5.16. The first kappa shape index (κ1) is 17.5. The number of rotatable bonds is 4. The molecule has 0 atom stereocenters. The Bertz CT molecular complexity index is 799. The summed E-state index contributed by atoms with van der Waals surface area (Å²) in [7, 11) is 0. The van der Waals surface area contributed by atoms with Gasteiger partial charge in [0.15, 0.2) is 11.5 Å². The van der Waals surface area contributed by atoms with E-state index >= 15 is 0 Å². The maximum Gasteiger partial charge on any atom is 0.319 e. The highest BCUT2D eigenvalue weighted by Gasteiger charge is 2.16. The predicted molar refractivity (Wildman–Crippen MR) is 105 cm³/mol. The number of fused-ring (bicyclic) bond motifs is 1. The van der Waals surface area contributed by atoms with Crippen molar-refractivity contribution in [3.63, 3.8) is 0 Å². The minimum absolute atomic E-state index is 0.229. The van der Waals surface area contributed by atoms with Crippen LogP contribution in [-0.4, -0.2) is 25.9 Å². The normalized spacial score (nSPS) is 16.3. The third kappa shape index (κ3) is 4.27. The maximum absolute atomic E-state index is 12.2. The number of piperidine rings is 1. The molecule has 0 radical (unpaired) electrons. The molecule has 142 valence electrons. The Hall–Kier alpha value is -2.89. The van der Waals surface area contributed by atoms with Crippen LogP contribution in [0.25, 0.3) is 0 Å². The molecule has 4 rings (SSSR count). The van der Waals surface area contributed by atoms with Crippen LogP contribution in [0.3, 0.4) is 0 Å². The molecule has 2 aromatic carbocycles. The molecule has 6 nitrogen and oxygen atoms in total. The summed E-state index contributed by atoms with van der Waals surface area (Å²) in [5.41, 5.74) is 2.96. The molecule has 2 amide bonds. The molecule has 2 aromatic rings. The average molecular weight is 367 g/mol. The number of hydrogen-bond acceptors (Lipinski definition) is 4. The largest absolute Gasteiger partial charge is 0.454 e. The lowest BCUT2D eigenvalue weighted by Crippen LogP contribution is -2.32. The van der Waals surface area contributed by atoms with E-state index in [0.717, 1.165) is 41.8 Å². The van der Waals surface area contributed by atoms with E-state index in [1.54, 1.807) is 0 Å². The number of hydrogen-bond donors (Lipinski definition) is 2. The van der Waals surface area contributed by atoms with Crippen molar-refractivity contribution in [1.82, 2.24) is 5.32 Å². The first-order valence-electron chi connectivity index (χ1n) is 9.46. The van der Waals surface area contributed by atoms with E-state index in [0.29, 0.717) is 6.54 Å². The van der Waals surface area contributed by atoms with Gasteiger partial charge in [-0.25, -0.2) is 4.79 Å². The second kappa shape index (κ2) is 7.78. The summed E-state index contributed by atoms with van der Waals surface area (Å²) in [6.07, 6.45) is 2.48. The molecule has 1 fully saturated rings. The molecule has 2 heterocycles. The van der Waals surface area contributed by atoms with Gasteiger partial charge in [0, 0.05) is 31.0 Å². The van der Waals surface area contributed by atoms with E-state index in [1.165, 1.54) is 18.5 Å². The second-order valence-electron chi connectivity index (χ2n) is 7.21. The smallest absolute Gasteiger partial charge is 0.319 e. The first-order valence-corrected chi connectivity index (χ1v) is 9.46. The van der Waals surface area contributed by atoms with E-state index in [9.17, 15) is 4.79 Å². The van der Waals surface area contributed by atoms with Crippen LogP contribution >= 0.6 is 0 Å². The number of benzene rings is 2. The van der Waals surface area contributed by atoms with Gasteiger partial charge in [-0.2, -0.15) is 0 Å². The molecule has 27 heavy (non-hydrogen) atoms. The standard InChI is InChI=1S/C21H25N3O3/c1-15-8-10-24(11-9-15)18-5-3-17(4-6-18)23-21(25)22-13-16-2-7-19-20(12-16)27-14-26-19/h2-7,12,15H,8-11,13-14H2,1H3,(H2,22,23,25). The minimum atomic E-state index is -0.229. The number of anilines is 2. The molecule has 0 bridgehead atoms. The topological polar surface area (TPSA) is 62.8 Å². The van der Waals surface area contributed by atoms with E-state index in [1.807, 2.05) is 30.3 Å². The molecule has 0 aromatic heterocycles. The molecule has 0 unspecified atom stereocenters. The van der Waals surface area contributed by atoms with Crippen molar-refractivity contribution in [2.75, 3.05) is 30.1 Å². The van der Waals surface area contributed by atoms with Crippen LogP contribution in [0.2, 0.25) is 0 Å². The molecular weight excluding hydrogens is 342 g/mol. The van der Waals surface area contributed by atoms with Gasteiger partial charge >= 0.3 is 6.03 Å². The lowest BCUT2D eigenvalue weighted by molar-refractivity contribution is 0.174. The molecular formula is C21H25N3O3. The van der Waals surface area contributed by atoms with Gasteiger partial charge in [-0.1, -0.05) is 13.0 Å². The number of nitrogens with one attached hydrogen (secondary N) is 2. The third-order valence-corrected chi connectivity index (χ3v) is 5.16. The monoisotopic (exact) mass is 367 g/mol. The van der Waals surface area contributed by atoms with Gasteiger partial charge in [0.1, 0.15) is 0 Å². The lowest BCUT2D eigenvalue weighted by Gasteiger charge is -2.32. The maximum atomic E-state index is 12.2. The van der Waals surface area contributed by atoms with E-state index in [4.69, 9.17) is 9.47 Å². The highest BCUT2D eigenvalue weighted by atomic mass is 16.7. The molecule has 1 saturated heterocycles. The number of carbonyl (C=O) groups is 1. The van der Waals surface area contributed by atoms with Gasteiger partial charge in [-0.05, 0) is 60.7 Å². The SMILES string of the molecule is CC1CCN(c2ccc(NC(=O)NCc3ccc4c(c3)OCO4)cc2)CC1. The Kier molecular flexibility index (Phi) is 5.05. The van der Waals surface area contributed by atoms with Gasteiger partial charge in [-0.3, -0.25) is 0 Å². The number of ether oxygens (including phenoxy) is 2. The second-order valence-corrected chi connectivity index (χ2v) is 7.21. The fourth-order valence-corrected chi connectivity index (χ4v) is 3.43. The average Bonchev–Trinajstić information content (AvgIpc) is 3.15. The summed E-state index contributed by atoms with van der Waals surface area (Å²) in [6, 6.07) is 13.5. The van der Waals surface area contributed by atoms with Gasteiger partial charge < -0.3 is 25.0 Å². The van der Waals surface area contributed by atoms with Crippen LogP contribution in [0.15, 0.2) is 42.5 Å². The molecule has 0 saturated carbocycles. The predicted octanol–water partition coefficient (Wildman–Crippen LogP) is 3.97. The van der Waals surface area contributed by atoms with Crippen LogP contribution < -0.4 is 25.0 Å². The Morgan fingerprint density at radius 3 is 2.59 bits per heavy atom. The minimum Gasteiger partial charge on any atom is -0.454 e. The summed E-state index contributed by atoms with van der Waals surface area (Å²) in [5, 5.41) is 5.74. The Balaban J connectivity index is 1.28. The lowest BCUT2D eigenvalue weighted by atomic mass is 9.99. The highest BCUT2D eigenvalue weighted by molar-refractivity contribution is 5.89. The number of carbonyl (C=O) groups excluding carboxylic acids is 1. The van der Waals surface area contributed by atoms with Crippen LogP contribution in [0.5, 0.6) is 11.5 Å². The molecule has 0 spiro atoms. The summed E-state index contributed by atoms with van der Waals surface area (Å²) < 4.78 is 10.6. The number of amides is 2. The van der Waals surface area contributed by atoms with Crippen LogP contribution in [0.1, 0.15) is 25.3 Å². The van der Waals surface area contributed by atoms with Crippen molar-refractivity contribution in [3.05, 3.63) is 48.0 Å². The highest BCUT2D eigenvalue weighted by Crippen LogP contribution is 2.32. The Morgan fingerprint density at radius 2 is 1.81 bits per heavy atom. The fraction of sp³-hybridized carbons (Fsp3) is 0.381. The van der Waals surface area contributed by atoms with Crippen molar-refractivity contribution in [1.29, 1.82) is 0 Å². The number of nitrogens with zero attached hydrogens (tertiary/aromatic N) is 1. The summed E-state index contributed by atoms with van der Waals surface area (Å²) in [4.78, 5) is 14.6. The van der Waals surface area contributed by atoms with Crippen molar-refractivity contribution < 1.29 is 14.3 Å². The zero-order valence-corrected chi connectivity index (χ0v) is 15.5. The molecule has 2 N–H and O–H groups in total. The van der Waals surface area contributed by atoms with Crippen LogP contribution in [0.4, 0.5) is 16.2 Å². The van der Waals surface area contributed by atoms with Crippen molar-refractivity contribution >= 4 is 17.4 Å². The molecule has 2 aliphatic rings. The molecule has 0 aliphatic carbocycles. The summed E-state index contributed by atoms with van der Waals surface area (Å²) in [6.45, 7) is 5.19. The molecule has 6 heteroatoms. The summed E-state index contributed by atoms with van der Waals surface area (Å²) in [5.74, 6) is 2.28. The van der Waals surface area contributed by atoms with Crippen molar-refractivity contribution in [2.45, 2.75) is 26.3 Å². The quantitative estimate of drug-likeness (QED) is 0.858. The first-order chi connectivity index (χ1) is 13.2. The van der Waals surface area contributed by atoms with Crippen LogP contribution in [-0.2, 0) is 6.54 Å². The van der Waals surface area contributed by atoms with Gasteiger partial charge in [0.25, 0.3) is 0 Å². The van der Waals surface area contributed by atoms with Crippen LogP contribution in [0, 0.1) is 5.92 Å². The van der Waals surface area contributed by atoms with E-state index < -0.39 is 0 Å². The van der Waals surface area contributed by atoms with Gasteiger partial charge in [-0.15, -0.1) is 0 Å². The molecule has 2 aliphatic heterocycles. The zero-order valence-electron chi connectivity index (χ0n) is 15.5. The zero-order chi connectivity index (χ0) is 18.6. The number of urea groups is 1. The van der Waals surface area contributed by atoms with E-state index in [-0.39, 0.29) is 12.8 Å². The fourth-order valence-electron chi connectivity index (χ4n) is 3.43. The van der Waals surface area contributed by atoms with Gasteiger partial charge in [0.05, 0.1) is 0 Å². The van der Waals surface area contributed by atoms with Crippen molar-refractivity contribution in [2.24, 2.45) is 5.92 Å². The summed E-state index contributed by atoms with van der Waals surface area (Å²) >= 11 is 0. The van der Waals surface area contributed by atoms with E-state index in [2.05, 4.69) is 34.6 Å². The Labute approximate surface area is 159 Å².